The molecule has 1 N–H and O–H groups in total. The van der Waals surface area contributed by atoms with Crippen LogP contribution in [0.5, 0.6) is 5.75 Å². The van der Waals surface area contributed by atoms with Crippen LogP contribution in [0, 0.1) is 18.8 Å². The molecule has 5 nitrogen and oxygen atoms in total. The van der Waals surface area contributed by atoms with Gasteiger partial charge in [0.2, 0.25) is 5.91 Å². The molecule has 0 atom stereocenters. The van der Waals surface area contributed by atoms with Gasteiger partial charge in [0.05, 0.1) is 12.7 Å². The van der Waals surface area contributed by atoms with Crippen molar-refractivity contribution in [3.05, 3.63) is 24.0 Å². The molecule has 0 saturated heterocycles. The van der Waals surface area contributed by atoms with Gasteiger partial charge in [-0.3, -0.25) is 9.78 Å². The van der Waals surface area contributed by atoms with E-state index in [4.69, 9.17) is 4.74 Å². The lowest BCUT2D eigenvalue weighted by atomic mass is 10.4. The van der Waals surface area contributed by atoms with Crippen LogP contribution < -0.4 is 10.1 Å². The maximum atomic E-state index is 11.0. The molecule has 0 bridgehead atoms. The standard InChI is InChI=1S/C13H16N2O3/c1-11-5-6-12(9-15-11)18-8-4-3-7-14-13(16)10-17-2/h5-6,9H,7-8,10H2,1-2H3,(H,14,16). The van der Waals surface area contributed by atoms with Crippen molar-refractivity contribution in [3.8, 4) is 17.6 Å². The maximum Gasteiger partial charge on any atom is 0.246 e. The molecule has 0 aliphatic heterocycles. The number of nitrogens with one attached hydrogen (secondary N) is 1. The Morgan fingerprint density at radius 3 is 2.94 bits per heavy atom. The largest absolute Gasteiger partial charge is 0.479 e. The van der Waals surface area contributed by atoms with Gasteiger partial charge in [-0.05, 0) is 19.1 Å². The third-order valence-corrected chi connectivity index (χ3v) is 1.97. The molecule has 0 aromatic carbocycles. The minimum absolute atomic E-state index is 0.0488. The lowest BCUT2D eigenvalue weighted by Crippen LogP contribution is -2.27. The predicted octanol–water partition coefficient (Wildman–Crippen LogP) is 0.535. The first-order valence-electron chi connectivity index (χ1n) is 5.49. The van der Waals surface area contributed by atoms with E-state index in [-0.39, 0.29) is 25.7 Å². The van der Waals surface area contributed by atoms with Crippen molar-refractivity contribution >= 4 is 5.91 Å². The number of ether oxygens (including phenoxy) is 2. The number of aryl methyl sites for hydroxylation is 1. The molecule has 1 amide bonds. The second-order valence-corrected chi connectivity index (χ2v) is 3.49. The summed E-state index contributed by atoms with van der Waals surface area (Å²) in [6.07, 6.45) is 1.65. The average molecular weight is 248 g/mol. The Morgan fingerprint density at radius 1 is 1.44 bits per heavy atom. The zero-order chi connectivity index (χ0) is 13.2. The number of carbonyl (C=O) groups is 1. The van der Waals surface area contributed by atoms with Gasteiger partial charge in [-0.15, -0.1) is 0 Å². The van der Waals surface area contributed by atoms with Crippen LogP contribution >= 0.6 is 0 Å². The zero-order valence-electron chi connectivity index (χ0n) is 10.5. The van der Waals surface area contributed by atoms with Gasteiger partial charge in [-0.1, -0.05) is 11.8 Å². The third-order valence-electron chi connectivity index (χ3n) is 1.97. The van der Waals surface area contributed by atoms with Crippen LogP contribution in [-0.4, -0.2) is 37.8 Å². The number of methoxy groups -OCH3 is 1. The summed E-state index contributed by atoms with van der Waals surface area (Å²) < 4.78 is 10.00. The number of amides is 1. The van der Waals surface area contributed by atoms with Gasteiger partial charge in [0.15, 0.2) is 0 Å². The fourth-order valence-electron chi connectivity index (χ4n) is 1.10. The fraction of sp³-hybridized carbons (Fsp3) is 0.385. The molecule has 1 heterocycles. The number of rotatable bonds is 5. The fourth-order valence-corrected chi connectivity index (χ4v) is 1.10. The van der Waals surface area contributed by atoms with Gasteiger partial charge in [-0.25, -0.2) is 0 Å². The van der Waals surface area contributed by atoms with Crippen molar-refractivity contribution in [2.75, 3.05) is 26.9 Å². The Kier molecular flexibility index (Phi) is 6.30. The summed E-state index contributed by atoms with van der Waals surface area (Å²) >= 11 is 0. The molecule has 0 fully saturated rings. The summed E-state index contributed by atoms with van der Waals surface area (Å²) in [6, 6.07) is 3.71. The molecule has 0 aliphatic rings. The van der Waals surface area contributed by atoms with Crippen LogP contribution in [-0.2, 0) is 9.53 Å². The van der Waals surface area contributed by atoms with Gasteiger partial charge < -0.3 is 14.8 Å². The van der Waals surface area contributed by atoms with Crippen molar-refractivity contribution in [2.45, 2.75) is 6.92 Å². The second-order valence-electron chi connectivity index (χ2n) is 3.49. The van der Waals surface area contributed by atoms with Gasteiger partial charge in [0.25, 0.3) is 0 Å². The summed E-state index contributed by atoms with van der Waals surface area (Å²) in [6.45, 7) is 2.52. The van der Waals surface area contributed by atoms with Crippen molar-refractivity contribution in [2.24, 2.45) is 0 Å². The lowest BCUT2D eigenvalue weighted by Gasteiger charge is -2.01. The molecule has 96 valence electrons. The third kappa shape index (κ3) is 5.87. The van der Waals surface area contributed by atoms with E-state index in [9.17, 15) is 4.79 Å². The van der Waals surface area contributed by atoms with E-state index in [1.165, 1.54) is 7.11 Å². The quantitative estimate of drug-likeness (QED) is 0.772. The Bertz CT molecular complexity index is 432. The highest BCUT2D eigenvalue weighted by molar-refractivity contribution is 5.77. The van der Waals surface area contributed by atoms with E-state index >= 15 is 0 Å². The normalized spacial score (nSPS) is 9.22. The first-order chi connectivity index (χ1) is 8.72. The van der Waals surface area contributed by atoms with E-state index in [1.54, 1.807) is 6.20 Å². The summed E-state index contributed by atoms with van der Waals surface area (Å²) in [5, 5.41) is 2.58. The summed E-state index contributed by atoms with van der Waals surface area (Å²) in [4.78, 5) is 15.1. The SMILES string of the molecule is COCC(=O)NCC#CCOc1ccc(C)nc1. The number of aromatic nitrogens is 1. The zero-order valence-corrected chi connectivity index (χ0v) is 10.5. The van der Waals surface area contributed by atoms with Gasteiger partial charge in [-0.2, -0.15) is 0 Å². The number of nitrogens with zero attached hydrogens (tertiary/aromatic N) is 1. The summed E-state index contributed by atoms with van der Waals surface area (Å²) in [7, 11) is 1.47. The minimum atomic E-state index is -0.185. The summed E-state index contributed by atoms with van der Waals surface area (Å²) in [5.41, 5.74) is 0.939. The van der Waals surface area contributed by atoms with E-state index in [0.717, 1.165) is 5.69 Å². The van der Waals surface area contributed by atoms with E-state index in [0.29, 0.717) is 5.75 Å². The van der Waals surface area contributed by atoms with Crippen LogP contribution in [0.15, 0.2) is 18.3 Å². The van der Waals surface area contributed by atoms with E-state index < -0.39 is 0 Å². The topological polar surface area (TPSA) is 60.5 Å². The Morgan fingerprint density at radius 2 is 2.28 bits per heavy atom. The number of pyridine rings is 1. The van der Waals surface area contributed by atoms with E-state index in [2.05, 4.69) is 26.9 Å². The van der Waals surface area contributed by atoms with Gasteiger partial charge in [0, 0.05) is 12.8 Å². The van der Waals surface area contributed by atoms with Crippen LogP contribution in [0.4, 0.5) is 0 Å². The molecule has 0 spiro atoms. The highest BCUT2D eigenvalue weighted by atomic mass is 16.5. The molecule has 1 rings (SSSR count). The molecule has 0 unspecified atom stereocenters. The summed E-state index contributed by atoms with van der Waals surface area (Å²) in [5.74, 6) is 6.06. The van der Waals surface area contributed by atoms with Crippen LogP contribution in [0.25, 0.3) is 0 Å². The van der Waals surface area contributed by atoms with E-state index in [1.807, 2.05) is 19.1 Å². The van der Waals surface area contributed by atoms with Gasteiger partial charge in [0.1, 0.15) is 19.0 Å². The molecular weight excluding hydrogens is 232 g/mol. The molecule has 0 radical (unpaired) electrons. The van der Waals surface area contributed by atoms with Crippen molar-refractivity contribution in [3.63, 3.8) is 0 Å². The minimum Gasteiger partial charge on any atom is -0.479 e. The molecule has 0 saturated carbocycles. The number of hydrogen-bond donors (Lipinski definition) is 1. The van der Waals surface area contributed by atoms with Crippen LogP contribution in [0.1, 0.15) is 5.69 Å². The smallest absolute Gasteiger partial charge is 0.246 e. The highest BCUT2D eigenvalue weighted by Gasteiger charge is 1.95. The molecule has 0 aliphatic carbocycles. The van der Waals surface area contributed by atoms with Crippen molar-refractivity contribution in [1.82, 2.24) is 10.3 Å². The molecule has 1 aromatic rings. The molecular formula is C13H16N2O3. The predicted molar refractivity (Wildman–Crippen MR) is 67.1 cm³/mol. The first kappa shape index (κ1) is 14.0. The number of hydrogen-bond acceptors (Lipinski definition) is 4. The van der Waals surface area contributed by atoms with Gasteiger partial charge >= 0.3 is 0 Å². The monoisotopic (exact) mass is 248 g/mol. The second kappa shape index (κ2) is 8.09. The molecule has 5 heteroatoms. The molecule has 18 heavy (non-hydrogen) atoms. The lowest BCUT2D eigenvalue weighted by molar-refractivity contribution is -0.124. The number of carbonyl (C=O) groups excluding carboxylic acids is 1. The van der Waals surface area contributed by atoms with Crippen LogP contribution in [0.2, 0.25) is 0 Å². The Balaban J connectivity index is 2.18. The maximum absolute atomic E-state index is 11.0. The Labute approximate surface area is 107 Å². The van der Waals surface area contributed by atoms with Crippen molar-refractivity contribution < 1.29 is 14.3 Å². The Hall–Kier alpha value is -2.06. The average Bonchev–Trinajstić information content (AvgIpc) is 2.36. The first-order valence-corrected chi connectivity index (χ1v) is 5.49. The highest BCUT2D eigenvalue weighted by Crippen LogP contribution is 2.07. The van der Waals surface area contributed by atoms with Crippen LogP contribution in [0.3, 0.4) is 0 Å². The van der Waals surface area contributed by atoms with Crippen molar-refractivity contribution in [1.29, 1.82) is 0 Å². The molecule has 1 aromatic heterocycles.